The molecule has 104 valence electrons. The first-order valence-corrected chi connectivity index (χ1v) is 6.23. The van der Waals surface area contributed by atoms with Gasteiger partial charge in [0.2, 0.25) is 0 Å². The first-order valence-electron chi connectivity index (χ1n) is 5.85. The maximum absolute atomic E-state index is 11.8. The fourth-order valence-corrected chi connectivity index (χ4v) is 1.73. The Morgan fingerprint density at radius 2 is 1.85 bits per heavy atom. The molecule has 0 spiro atoms. The van der Waals surface area contributed by atoms with Crippen molar-refractivity contribution in [1.82, 2.24) is 0 Å². The summed E-state index contributed by atoms with van der Waals surface area (Å²) >= 11 is 5.81. The van der Waals surface area contributed by atoms with Crippen LogP contribution in [0.1, 0.15) is 0 Å². The van der Waals surface area contributed by atoms with Crippen molar-refractivity contribution in [2.45, 2.75) is 0 Å². The number of nitrogens with one attached hydrogen (secondary N) is 2. The second kappa shape index (κ2) is 6.16. The lowest BCUT2D eigenvalue weighted by Crippen LogP contribution is -2.19. The van der Waals surface area contributed by atoms with E-state index in [-0.39, 0.29) is 6.03 Å². The number of nitrogens with two attached hydrogens (primary N) is 1. The maximum atomic E-state index is 11.8. The molecule has 2 aromatic carbocycles. The minimum Gasteiger partial charge on any atom is -0.497 e. The molecule has 0 saturated heterocycles. The largest absolute Gasteiger partial charge is 0.497 e. The summed E-state index contributed by atoms with van der Waals surface area (Å²) in [5.41, 5.74) is 7.27. The Balaban J connectivity index is 2.03. The van der Waals surface area contributed by atoms with Crippen LogP contribution in [-0.2, 0) is 0 Å². The highest BCUT2D eigenvalue weighted by atomic mass is 35.5. The number of urea groups is 1. The highest BCUT2D eigenvalue weighted by Gasteiger charge is 2.05. The minimum absolute atomic E-state index is 0.375. The molecule has 6 heteroatoms. The second-order valence-corrected chi connectivity index (χ2v) is 4.45. The van der Waals surface area contributed by atoms with Crippen LogP contribution in [0.3, 0.4) is 0 Å². The van der Waals surface area contributed by atoms with Crippen LogP contribution in [0.2, 0.25) is 5.02 Å². The molecular formula is C14H14ClN3O2. The van der Waals surface area contributed by atoms with Gasteiger partial charge in [-0.1, -0.05) is 17.7 Å². The quantitative estimate of drug-likeness (QED) is 0.757. The van der Waals surface area contributed by atoms with Crippen LogP contribution < -0.4 is 21.1 Å². The predicted octanol–water partition coefficient (Wildman–Crippen LogP) is 3.57. The van der Waals surface area contributed by atoms with Crippen LogP contribution in [-0.4, -0.2) is 13.1 Å². The highest BCUT2D eigenvalue weighted by Crippen LogP contribution is 2.22. The van der Waals surface area contributed by atoms with Crippen molar-refractivity contribution in [1.29, 1.82) is 0 Å². The van der Waals surface area contributed by atoms with Gasteiger partial charge < -0.3 is 21.1 Å². The lowest BCUT2D eigenvalue weighted by atomic mass is 10.3. The lowest BCUT2D eigenvalue weighted by molar-refractivity contribution is 0.262. The number of carbonyl (C=O) groups is 1. The molecule has 0 aromatic heterocycles. The van der Waals surface area contributed by atoms with Crippen LogP contribution in [0.25, 0.3) is 0 Å². The Hall–Kier alpha value is -2.40. The summed E-state index contributed by atoms with van der Waals surface area (Å²) in [5.74, 6) is 0.665. The number of rotatable bonds is 3. The van der Waals surface area contributed by atoms with Gasteiger partial charge in [0.15, 0.2) is 0 Å². The number of carbonyl (C=O) groups excluding carboxylic acids is 1. The summed E-state index contributed by atoms with van der Waals surface area (Å²) in [4.78, 5) is 11.8. The highest BCUT2D eigenvalue weighted by molar-refractivity contribution is 6.33. The molecule has 0 aliphatic carbocycles. The normalized spacial score (nSPS) is 9.90. The molecule has 0 unspecified atom stereocenters. The Bertz CT molecular complexity index is 632. The minimum atomic E-state index is -0.375. The number of hydrogen-bond donors (Lipinski definition) is 3. The van der Waals surface area contributed by atoms with E-state index in [1.54, 1.807) is 49.6 Å². The van der Waals surface area contributed by atoms with E-state index in [9.17, 15) is 4.79 Å². The standard InChI is InChI=1S/C14H14ClN3O2/c1-20-11-4-2-3-9(7-11)17-14(19)18-10-5-6-12(15)13(16)8-10/h2-8H,16H2,1H3,(H2,17,18,19). The lowest BCUT2D eigenvalue weighted by Gasteiger charge is -2.09. The third-order valence-corrected chi connectivity index (χ3v) is 2.93. The van der Waals surface area contributed by atoms with Gasteiger partial charge >= 0.3 is 6.03 Å². The fourth-order valence-electron chi connectivity index (χ4n) is 1.62. The summed E-state index contributed by atoms with van der Waals surface area (Å²) in [6, 6.07) is 11.6. The van der Waals surface area contributed by atoms with Gasteiger partial charge in [-0.05, 0) is 30.3 Å². The Morgan fingerprint density at radius 3 is 2.50 bits per heavy atom. The number of anilines is 3. The van der Waals surface area contributed by atoms with Gasteiger partial charge in [0.05, 0.1) is 17.8 Å². The average molecular weight is 292 g/mol. The van der Waals surface area contributed by atoms with Crippen LogP contribution in [0.4, 0.5) is 21.9 Å². The van der Waals surface area contributed by atoms with Gasteiger partial charge in [-0.15, -0.1) is 0 Å². The second-order valence-electron chi connectivity index (χ2n) is 4.05. The Morgan fingerprint density at radius 1 is 1.15 bits per heavy atom. The van der Waals surface area contributed by atoms with Crippen molar-refractivity contribution in [3.63, 3.8) is 0 Å². The zero-order chi connectivity index (χ0) is 14.5. The molecule has 2 rings (SSSR count). The molecule has 0 heterocycles. The molecule has 0 fully saturated rings. The molecule has 0 radical (unpaired) electrons. The van der Waals surface area contributed by atoms with Crippen molar-refractivity contribution in [2.24, 2.45) is 0 Å². The van der Waals surface area contributed by atoms with E-state index in [0.29, 0.717) is 27.8 Å². The molecule has 0 atom stereocenters. The van der Waals surface area contributed by atoms with Crippen molar-refractivity contribution in [3.05, 3.63) is 47.5 Å². The van der Waals surface area contributed by atoms with Crippen molar-refractivity contribution >= 4 is 34.7 Å². The molecule has 0 bridgehead atoms. The van der Waals surface area contributed by atoms with E-state index in [0.717, 1.165) is 0 Å². The molecule has 4 N–H and O–H groups in total. The number of amides is 2. The molecule has 20 heavy (non-hydrogen) atoms. The molecule has 0 aliphatic rings. The van der Waals surface area contributed by atoms with Crippen LogP contribution in [0, 0.1) is 0 Å². The first kappa shape index (κ1) is 14.0. The van der Waals surface area contributed by atoms with Crippen molar-refractivity contribution in [2.75, 3.05) is 23.5 Å². The van der Waals surface area contributed by atoms with Crippen LogP contribution >= 0.6 is 11.6 Å². The summed E-state index contributed by atoms with van der Waals surface area (Å²) in [5, 5.41) is 5.81. The summed E-state index contributed by atoms with van der Waals surface area (Å²) in [6.07, 6.45) is 0. The van der Waals surface area contributed by atoms with Gasteiger partial charge in [-0.25, -0.2) is 4.79 Å². The van der Waals surface area contributed by atoms with E-state index in [4.69, 9.17) is 22.1 Å². The van der Waals surface area contributed by atoms with E-state index in [1.807, 2.05) is 0 Å². The monoisotopic (exact) mass is 291 g/mol. The zero-order valence-electron chi connectivity index (χ0n) is 10.8. The van der Waals surface area contributed by atoms with Gasteiger partial charge in [-0.2, -0.15) is 0 Å². The number of halogens is 1. The van der Waals surface area contributed by atoms with Crippen LogP contribution in [0.5, 0.6) is 5.75 Å². The molecular weight excluding hydrogens is 278 g/mol. The van der Waals surface area contributed by atoms with E-state index in [2.05, 4.69) is 10.6 Å². The summed E-state index contributed by atoms with van der Waals surface area (Å²) in [6.45, 7) is 0. The van der Waals surface area contributed by atoms with E-state index in [1.165, 1.54) is 0 Å². The Kier molecular flexibility index (Phi) is 4.32. The third-order valence-electron chi connectivity index (χ3n) is 2.58. The SMILES string of the molecule is COc1cccc(NC(=O)Nc2ccc(Cl)c(N)c2)c1. The van der Waals surface area contributed by atoms with Gasteiger partial charge in [-0.3, -0.25) is 0 Å². The zero-order valence-corrected chi connectivity index (χ0v) is 11.6. The summed E-state index contributed by atoms with van der Waals surface area (Å²) < 4.78 is 5.08. The third kappa shape index (κ3) is 3.55. The van der Waals surface area contributed by atoms with Crippen molar-refractivity contribution < 1.29 is 9.53 Å². The molecule has 2 aromatic rings. The number of methoxy groups -OCH3 is 1. The molecule has 5 nitrogen and oxygen atoms in total. The van der Waals surface area contributed by atoms with Crippen LogP contribution in [0.15, 0.2) is 42.5 Å². The van der Waals surface area contributed by atoms with Gasteiger partial charge in [0, 0.05) is 17.4 Å². The van der Waals surface area contributed by atoms with E-state index >= 15 is 0 Å². The molecule has 2 amide bonds. The molecule has 0 aliphatic heterocycles. The number of ether oxygens (including phenoxy) is 1. The number of benzene rings is 2. The summed E-state index contributed by atoms with van der Waals surface area (Å²) in [7, 11) is 1.57. The topological polar surface area (TPSA) is 76.4 Å². The van der Waals surface area contributed by atoms with Gasteiger partial charge in [0.1, 0.15) is 5.75 Å². The smallest absolute Gasteiger partial charge is 0.323 e. The number of hydrogen-bond acceptors (Lipinski definition) is 3. The van der Waals surface area contributed by atoms with Gasteiger partial charge in [0.25, 0.3) is 0 Å². The maximum Gasteiger partial charge on any atom is 0.323 e. The molecule has 0 saturated carbocycles. The van der Waals surface area contributed by atoms with E-state index < -0.39 is 0 Å². The average Bonchev–Trinajstić information content (AvgIpc) is 2.43. The fraction of sp³-hybridized carbons (Fsp3) is 0.0714. The first-order chi connectivity index (χ1) is 9.58. The van der Waals surface area contributed by atoms with Crippen molar-refractivity contribution in [3.8, 4) is 5.75 Å². The predicted molar refractivity (Wildman–Crippen MR) is 81.5 cm³/mol. The Labute approximate surface area is 121 Å². The number of nitrogen functional groups attached to an aromatic ring is 1.